The molecule has 1 aromatic carbocycles. The number of ether oxygens (including phenoxy) is 3. The van der Waals surface area contributed by atoms with Gasteiger partial charge in [-0.2, -0.15) is 0 Å². The molecule has 2 fully saturated rings. The molecule has 1 aliphatic carbocycles. The SMILES string of the molecule is CC(=O)OCCC1CC1.CC(=O)OCCC1CO1.c1ccccc1. The summed E-state index contributed by atoms with van der Waals surface area (Å²) in [5, 5.41) is 0. The molecule has 3 rings (SSSR count). The molecule has 1 aliphatic heterocycles. The van der Waals surface area contributed by atoms with Gasteiger partial charge in [-0.3, -0.25) is 9.59 Å². The number of benzene rings is 1. The van der Waals surface area contributed by atoms with Gasteiger partial charge in [0, 0.05) is 20.3 Å². The third kappa shape index (κ3) is 15.0. The number of esters is 2. The van der Waals surface area contributed by atoms with Crippen molar-refractivity contribution in [2.75, 3.05) is 19.8 Å². The van der Waals surface area contributed by atoms with Gasteiger partial charge in [0.15, 0.2) is 0 Å². The molecule has 1 saturated heterocycles. The van der Waals surface area contributed by atoms with Gasteiger partial charge in [-0.25, -0.2) is 0 Å². The van der Waals surface area contributed by atoms with Crippen molar-refractivity contribution in [1.82, 2.24) is 0 Å². The molecule has 0 aromatic heterocycles. The number of rotatable bonds is 6. The summed E-state index contributed by atoms with van der Waals surface area (Å²) in [4.78, 5) is 20.4. The number of carbonyl (C=O) groups is 2. The first kappa shape index (κ1) is 20.2. The highest BCUT2D eigenvalue weighted by atomic mass is 16.6. The van der Waals surface area contributed by atoms with Crippen molar-refractivity contribution in [3.8, 4) is 0 Å². The molecule has 0 N–H and O–H groups in total. The van der Waals surface area contributed by atoms with Crippen LogP contribution in [-0.2, 0) is 23.8 Å². The van der Waals surface area contributed by atoms with E-state index < -0.39 is 0 Å². The zero-order valence-electron chi connectivity index (χ0n) is 14.6. The van der Waals surface area contributed by atoms with E-state index in [1.54, 1.807) is 0 Å². The molecule has 0 amide bonds. The van der Waals surface area contributed by atoms with Crippen molar-refractivity contribution in [1.29, 1.82) is 0 Å². The van der Waals surface area contributed by atoms with Gasteiger partial charge in [-0.15, -0.1) is 0 Å². The van der Waals surface area contributed by atoms with Crippen molar-refractivity contribution in [2.45, 2.75) is 45.6 Å². The zero-order valence-corrected chi connectivity index (χ0v) is 14.6. The molecule has 134 valence electrons. The summed E-state index contributed by atoms with van der Waals surface area (Å²) in [7, 11) is 0. The first-order valence-corrected chi connectivity index (χ1v) is 8.46. The van der Waals surface area contributed by atoms with Crippen molar-refractivity contribution < 1.29 is 23.8 Å². The lowest BCUT2D eigenvalue weighted by atomic mass is 10.3. The summed E-state index contributed by atoms with van der Waals surface area (Å²) in [6.45, 7) is 4.82. The molecule has 5 nitrogen and oxygen atoms in total. The maximum atomic E-state index is 10.2. The fourth-order valence-corrected chi connectivity index (χ4v) is 1.73. The number of hydrogen-bond donors (Lipinski definition) is 0. The van der Waals surface area contributed by atoms with E-state index in [0.29, 0.717) is 19.3 Å². The Morgan fingerprint density at radius 3 is 1.62 bits per heavy atom. The number of epoxide rings is 1. The first-order valence-electron chi connectivity index (χ1n) is 8.46. The predicted molar refractivity (Wildman–Crippen MR) is 91.4 cm³/mol. The predicted octanol–water partition coefficient (Wildman–Crippen LogP) is 3.37. The Morgan fingerprint density at radius 1 is 0.875 bits per heavy atom. The molecule has 0 bridgehead atoms. The van der Waals surface area contributed by atoms with Crippen LogP contribution < -0.4 is 0 Å². The second-order valence-corrected chi connectivity index (χ2v) is 5.81. The van der Waals surface area contributed by atoms with Crippen LogP contribution >= 0.6 is 0 Å². The van der Waals surface area contributed by atoms with Crippen molar-refractivity contribution in [3.63, 3.8) is 0 Å². The smallest absolute Gasteiger partial charge is 0.302 e. The largest absolute Gasteiger partial charge is 0.466 e. The highest BCUT2D eigenvalue weighted by Crippen LogP contribution is 2.31. The topological polar surface area (TPSA) is 65.1 Å². The van der Waals surface area contributed by atoms with Crippen molar-refractivity contribution in [3.05, 3.63) is 36.4 Å². The molecule has 1 heterocycles. The van der Waals surface area contributed by atoms with E-state index in [9.17, 15) is 9.59 Å². The van der Waals surface area contributed by atoms with Crippen LogP contribution in [0.25, 0.3) is 0 Å². The van der Waals surface area contributed by atoms with Gasteiger partial charge >= 0.3 is 11.9 Å². The van der Waals surface area contributed by atoms with Crippen molar-refractivity contribution in [2.24, 2.45) is 5.92 Å². The van der Waals surface area contributed by atoms with Gasteiger partial charge in [-0.1, -0.05) is 49.2 Å². The van der Waals surface area contributed by atoms with E-state index in [1.165, 1.54) is 26.7 Å². The van der Waals surface area contributed by atoms with Gasteiger partial charge in [0.25, 0.3) is 0 Å². The first-order chi connectivity index (χ1) is 11.6. The van der Waals surface area contributed by atoms with Crippen LogP contribution in [0.15, 0.2) is 36.4 Å². The Bertz CT molecular complexity index is 397. The molecule has 5 heteroatoms. The average molecular weight is 336 g/mol. The van der Waals surface area contributed by atoms with Gasteiger partial charge in [0.1, 0.15) is 0 Å². The maximum absolute atomic E-state index is 10.2. The monoisotopic (exact) mass is 336 g/mol. The Balaban J connectivity index is 0.000000184. The number of hydrogen-bond acceptors (Lipinski definition) is 5. The summed E-state index contributed by atoms with van der Waals surface area (Å²) >= 11 is 0. The van der Waals surface area contributed by atoms with Gasteiger partial charge in [0.2, 0.25) is 0 Å². The van der Waals surface area contributed by atoms with Crippen molar-refractivity contribution >= 4 is 11.9 Å². The molecular weight excluding hydrogens is 308 g/mol. The minimum Gasteiger partial charge on any atom is -0.466 e. The zero-order chi connectivity index (χ0) is 17.6. The molecule has 24 heavy (non-hydrogen) atoms. The lowest BCUT2D eigenvalue weighted by Gasteiger charge is -1.97. The van der Waals surface area contributed by atoms with Gasteiger partial charge in [0.05, 0.1) is 25.9 Å². The summed E-state index contributed by atoms with van der Waals surface area (Å²) in [6.07, 6.45) is 4.95. The van der Waals surface area contributed by atoms with E-state index in [0.717, 1.165) is 25.4 Å². The third-order valence-electron chi connectivity index (χ3n) is 3.34. The Kier molecular flexibility index (Phi) is 10.5. The average Bonchev–Trinajstić information content (AvgIpc) is 3.45. The molecule has 2 aliphatic rings. The van der Waals surface area contributed by atoms with E-state index in [2.05, 4.69) is 4.74 Å². The Morgan fingerprint density at radius 2 is 1.29 bits per heavy atom. The summed E-state index contributed by atoms with van der Waals surface area (Å²) in [5.41, 5.74) is 0. The fourth-order valence-electron chi connectivity index (χ4n) is 1.73. The van der Waals surface area contributed by atoms with Crippen LogP contribution in [0.1, 0.15) is 39.5 Å². The van der Waals surface area contributed by atoms with E-state index in [-0.39, 0.29) is 11.9 Å². The maximum Gasteiger partial charge on any atom is 0.302 e. The van der Waals surface area contributed by atoms with Crippen LogP contribution in [-0.4, -0.2) is 37.9 Å². The molecule has 1 saturated carbocycles. The van der Waals surface area contributed by atoms with Crippen LogP contribution in [0.5, 0.6) is 0 Å². The van der Waals surface area contributed by atoms with Crippen LogP contribution in [0.4, 0.5) is 0 Å². The third-order valence-corrected chi connectivity index (χ3v) is 3.34. The lowest BCUT2D eigenvalue weighted by Crippen LogP contribution is -2.02. The van der Waals surface area contributed by atoms with Crippen LogP contribution in [0.3, 0.4) is 0 Å². The molecule has 1 aromatic rings. The van der Waals surface area contributed by atoms with Crippen LogP contribution in [0.2, 0.25) is 0 Å². The van der Waals surface area contributed by atoms with E-state index >= 15 is 0 Å². The minimum atomic E-state index is -0.212. The van der Waals surface area contributed by atoms with Crippen LogP contribution in [0, 0.1) is 5.92 Å². The van der Waals surface area contributed by atoms with Gasteiger partial charge < -0.3 is 14.2 Å². The van der Waals surface area contributed by atoms with Gasteiger partial charge in [-0.05, 0) is 12.3 Å². The molecule has 0 spiro atoms. The molecule has 1 unspecified atom stereocenters. The summed E-state index contributed by atoms with van der Waals surface area (Å²) in [5.74, 6) is 0.496. The molecular formula is C19H28O5. The summed E-state index contributed by atoms with van der Waals surface area (Å²) < 4.78 is 14.3. The van der Waals surface area contributed by atoms with E-state index in [4.69, 9.17) is 9.47 Å². The quantitative estimate of drug-likeness (QED) is 0.588. The second kappa shape index (κ2) is 12.5. The highest BCUT2D eigenvalue weighted by Gasteiger charge is 2.22. The molecule has 0 radical (unpaired) electrons. The van der Waals surface area contributed by atoms with E-state index in [1.807, 2.05) is 36.4 Å². The normalized spacial score (nSPS) is 17.3. The Hall–Kier alpha value is -1.88. The second-order valence-electron chi connectivity index (χ2n) is 5.81. The standard InChI is InChI=1S/C7H12O2.C6H10O3.C6H6/c1-6(8)9-5-4-7-2-3-7;1-5(7)8-3-2-6-4-9-6;1-2-4-6-5-3-1/h7H,2-5H2,1H3;6H,2-4H2,1H3;1-6H. The minimum absolute atomic E-state index is 0.157. The number of carbonyl (C=O) groups excluding carboxylic acids is 2. The summed E-state index contributed by atoms with van der Waals surface area (Å²) in [6, 6.07) is 12.0. The highest BCUT2D eigenvalue weighted by molar-refractivity contribution is 5.66. The molecule has 1 atom stereocenters. The fraction of sp³-hybridized carbons (Fsp3) is 0.579. The lowest BCUT2D eigenvalue weighted by molar-refractivity contribution is -0.142. The Labute approximate surface area is 144 Å².